The van der Waals surface area contributed by atoms with E-state index in [1.54, 1.807) is 20.8 Å². The molecule has 1 aliphatic heterocycles. The Morgan fingerprint density at radius 1 is 1.25 bits per heavy atom. The highest BCUT2D eigenvalue weighted by Gasteiger charge is 2.49. The van der Waals surface area contributed by atoms with Crippen molar-refractivity contribution >= 4 is 12.1 Å². The zero-order valence-corrected chi connectivity index (χ0v) is 12.3. The number of nitrogens with zero attached hydrogens (tertiary/aromatic N) is 1. The van der Waals surface area contributed by atoms with Gasteiger partial charge in [0.1, 0.15) is 11.6 Å². The molecule has 0 aromatic carbocycles. The highest BCUT2D eigenvalue weighted by molar-refractivity contribution is 5.83. The summed E-state index contributed by atoms with van der Waals surface area (Å²) in [5, 5.41) is 18.7. The van der Waals surface area contributed by atoms with Crippen molar-refractivity contribution in [1.29, 1.82) is 0 Å². The lowest BCUT2D eigenvalue weighted by Gasteiger charge is -2.31. The first-order valence-electron chi connectivity index (χ1n) is 6.56. The van der Waals surface area contributed by atoms with Crippen LogP contribution >= 0.6 is 0 Å². The van der Waals surface area contributed by atoms with E-state index in [0.29, 0.717) is 6.42 Å². The maximum absolute atomic E-state index is 12.2. The highest BCUT2D eigenvalue weighted by atomic mass is 16.6. The molecular weight excluding hydrogens is 266 g/mol. The Bertz CT molecular complexity index is 364. The summed E-state index contributed by atoms with van der Waals surface area (Å²) >= 11 is 0. The average molecular weight is 289 g/mol. The molecule has 0 aromatic rings. The maximum Gasteiger partial charge on any atom is 0.411 e. The zero-order chi connectivity index (χ0) is 15.5. The van der Waals surface area contributed by atoms with Gasteiger partial charge in [0.2, 0.25) is 0 Å². The van der Waals surface area contributed by atoms with Crippen molar-refractivity contribution in [3.8, 4) is 0 Å². The molecule has 0 aliphatic carbocycles. The number of aliphatic hydroxyl groups excluding tert-OH is 2. The third-order valence-electron chi connectivity index (χ3n) is 3.21. The molecule has 0 unspecified atom stereocenters. The molecule has 1 aliphatic rings. The van der Waals surface area contributed by atoms with Crippen LogP contribution in [0.5, 0.6) is 0 Å². The molecule has 1 amide bonds. The minimum absolute atomic E-state index is 0.268. The Morgan fingerprint density at radius 2 is 1.85 bits per heavy atom. The second kappa shape index (κ2) is 6.41. The fourth-order valence-electron chi connectivity index (χ4n) is 2.39. The lowest BCUT2D eigenvalue weighted by Crippen LogP contribution is -2.50. The number of amides is 1. The van der Waals surface area contributed by atoms with Crippen molar-refractivity contribution in [2.24, 2.45) is 5.92 Å². The minimum atomic E-state index is -0.933. The molecule has 1 saturated heterocycles. The van der Waals surface area contributed by atoms with Crippen molar-refractivity contribution in [2.45, 2.75) is 44.9 Å². The van der Waals surface area contributed by atoms with E-state index in [-0.39, 0.29) is 13.2 Å². The van der Waals surface area contributed by atoms with Gasteiger partial charge in [-0.1, -0.05) is 0 Å². The van der Waals surface area contributed by atoms with E-state index in [2.05, 4.69) is 4.74 Å². The van der Waals surface area contributed by atoms with Gasteiger partial charge in [0, 0.05) is 12.5 Å². The molecule has 0 aromatic heterocycles. The van der Waals surface area contributed by atoms with Crippen molar-refractivity contribution in [2.75, 3.05) is 20.3 Å². The van der Waals surface area contributed by atoms with Gasteiger partial charge in [0.05, 0.1) is 19.8 Å². The summed E-state index contributed by atoms with van der Waals surface area (Å²) in [6.07, 6.45) is -0.366. The minimum Gasteiger partial charge on any atom is -0.467 e. The molecule has 1 rings (SSSR count). The average Bonchev–Trinajstić information content (AvgIpc) is 2.74. The Hall–Kier alpha value is -1.34. The van der Waals surface area contributed by atoms with Crippen LogP contribution in [0.1, 0.15) is 27.2 Å². The maximum atomic E-state index is 12.2. The highest BCUT2D eigenvalue weighted by Crippen LogP contribution is 2.32. The summed E-state index contributed by atoms with van der Waals surface area (Å²) < 4.78 is 9.95. The van der Waals surface area contributed by atoms with E-state index in [9.17, 15) is 19.8 Å². The van der Waals surface area contributed by atoms with Gasteiger partial charge in [0.15, 0.2) is 0 Å². The number of carbonyl (C=O) groups is 2. The quantitative estimate of drug-likeness (QED) is 0.717. The SMILES string of the molecule is COC(=O)[C@@H]1[C@@H](CO)C[C@@H](CO)N1C(=O)OC(C)(C)C. The summed E-state index contributed by atoms with van der Waals surface area (Å²) in [5.41, 5.74) is -0.713. The second-order valence-electron chi connectivity index (χ2n) is 5.87. The van der Waals surface area contributed by atoms with Crippen molar-refractivity contribution in [3.63, 3.8) is 0 Å². The first-order valence-corrected chi connectivity index (χ1v) is 6.56. The van der Waals surface area contributed by atoms with Crippen LogP contribution in [-0.2, 0) is 14.3 Å². The summed E-state index contributed by atoms with van der Waals surface area (Å²) in [6.45, 7) is 4.57. The van der Waals surface area contributed by atoms with Gasteiger partial charge in [-0.2, -0.15) is 0 Å². The van der Waals surface area contributed by atoms with E-state index >= 15 is 0 Å². The number of hydrogen-bond acceptors (Lipinski definition) is 6. The second-order valence-corrected chi connectivity index (χ2v) is 5.87. The topological polar surface area (TPSA) is 96.3 Å². The summed E-state index contributed by atoms with van der Waals surface area (Å²) in [4.78, 5) is 25.3. The zero-order valence-electron chi connectivity index (χ0n) is 12.3. The van der Waals surface area contributed by atoms with Gasteiger partial charge in [-0.15, -0.1) is 0 Å². The molecule has 1 fully saturated rings. The van der Waals surface area contributed by atoms with Gasteiger partial charge < -0.3 is 19.7 Å². The summed E-state index contributed by atoms with van der Waals surface area (Å²) in [7, 11) is 1.22. The molecule has 1 heterocycles. The van der Waals surface area contributed by atoms with E-state index in [0.717, 1.165) is 0 Å². The van der Waals surface area contributed by atoms with E-state index in [1.165, 1.54) is 12.0 Å². The van der Waals surface area contributed by atoms with Crippen molar-refractivity contribution in [1.82, 2.24) is 4.90 Å². The molecule has 7 nitrogen and oxygen atoms in total. The molecule has 0 saturated carbocycles. The number of rotatable bonds is 3. The first-order chi connectivity index (χ1) is 9.25. The standard InChI is InChI=1S/C13H23NO6/c1-13(2,3)20-12(18)14-9(7-16)5-8(6-15)10(14)11(17)19-4/h8-10,15-16H,5-7H2,1-4H3/t8-,9+,10+/m1/s1. The predicted molar refractivity (Wildman–Crippen MR) is 69.9 cm³/mol. The third kappa shape index (κ3) is 3.61. The molecule has 20 heavy (non-hydrogen) atoms. The fourth-order valence-corrected chi connectivity index (χ4v) is 2.39. The van der Waals surface area contributed by atoms with Crippen LogP contribution in [0.15, 0.2) is 0 Å². The molecule has 0 spiro atoms. The summed E-state index contributed by atoms with van der Waals surface area (Å²) in [6, 6.07) is -1.50. The van der Waals surface area contributed by atoms with Gasteiger partial charge >= 0.3 is 12.1 Å². The van der Waals surface area contributed by atoms with Crippen LogP contribution in [0.25, 0.3) is 0 Å². The van der Waals surface area contributed by atoms with Gasteiger partial charge in [-0.3, -0.25) is 4.90 Å². The monoisotopic (exact) mass is 289 g/mol. The van der Waals surface area contributed by atoms with Crippen LogP contribution in [0.4, 0.5) is 4.79 Å². The number of carbonyl (C=O) groups excluding carboxylic acids is 2. The lowest BCUT2D eigenvalue weighted by molar-refractivity contribution is -0.148. The molecule has 0 bridgehead atoms. The molecule has 2 N–H and O–H groups in total. The number of hydrogen-bond donors (Lipinski definition) is 2. The van der Waals surface area contributed by atoms with Gasteiger partial charge in [-0.05, 0) is 27.2 Å². The van der Waals surface area contributed by atoms with E-state index < -0.39 is 35.7 Å². The molecule has 7 heteroatoms. The van der Waals surface area contributed by atoms with Crippen LogP contribution in [0, 0.1) is 5.92 Å². The van der Waals surface area contributed by atoms with Gasteiger partial charge in [0.25, 0.3) is 0 Å². The summed E-state index contributed by atoms with van der Waals surface area (Å²) in [5.74, 6) is -1.09. The Morgan fingerprint density at radius 3 is 2.25 bits per heavy atom. The number of ether oxygens (including phenoxy) is 2. The van der Waals surface area contributed by atoms with Crippen molar-refractivity contribution < 1.29 is 29.3 Å². The van der Waals surface area contributed by atoms with Crippen LogP contribution in [0.3, 0.4) is 0 Å². The molecule has 116 valence electrons. The molecule has 0 radical (unpaired) electrons. The Labute approximate surface area is 118 Å². The van der Waals surface area contributed by atoms with Crippen molar-refractivity contribution in [3.05, 3.63) is 0 Å². The van der Waals surface area contributed by atoms with Crippen LogP contribution in [-0.4, -0.2) is 65.2 Å². The molecular formula is C13H23NO6. The lowest BCUT2D eigenvalue weighted by atomic mass is 10.0. The number of likely N-dealkylation sites (tertiary alicyclic amines) is 1. The van der Waals surface area contributed by atoms with E-state index in [1.807, 2.05) is 0 Å². The van der Waals surface area contributed by atoms with Gasteiger partial charge in [-0.25, -0.2) is 9.59 Å². The van der Waals surface area contributed by atoms with Crippen LogP contribution < -0.4 is 0 Å². The molecule has 3 atom stereocenters. The number of methoxy groups -OCH3 is 1. The van der Waals surface area contributed by atoms with Crippen LogP contribution in [0.2, 0.25) is 0 Å². The number of esters is 1. The number of aliphatic hydroxyl groups is 2. The predicted octanol–water partition coefficient (Wildman–Crippen LogP) is 0.138. The van der Waals surface area contributed by atoms with E-state index in [4.69, 9.17) is 4.74 Å². The third-order valence-corrected chi connectivity index (χ3v) is 3.21. The normalized spacial score (nSPS) is 26.5. The Kier molecular flexibility index (Phi) is 5.35. The first kappa shape index (κ1) is 16.7. The fraction of sp³-hybridized carbons (Fsp3) is 0.846. The smallest absolute Gasteiger partial charge is 0.411 e. The Balaban J connectivity index is 3.01. The largest absolute Gasteiger partial charge is 0.467 e.